The quantitative estimate of drug-likeness (QED) is 0.454. The van der Waals surface area contributed by atoms with E-state index in [2.05, 4.69) is 44.2 Å². The number of halogens is 3. The normalized spacial score (nSPS) is 11.7. The largest absolute Gasteiger partial charge is 0.416 e. The van der Waals surface area contributed by atoms with E-state index in [4.69, 9.17) is 0 Å². The molecule has 3 rings (SSSR count). The van der Waals surface area contributed by atoms with Crippen molar-refractivity contribution in [3.63, 3.8) is 0 Å². The van der Waals surface area contributed by atoms with Crippen molar-refractivity contribution in [2.45, 2.75) is 33.9 Å². The Labute approximate surface area is 152 Å². The lowest BCUT2D eigenvalue weighted by atomic mass is 9.92. The van der Waals surface area contributed by atoms with Gasteiger partial charge < -0.3 is 0 Å². The molecule has 0 radical (unpaired) electrons. The van der Waals surface area contributed by atoms with Gasteiger partial charge in [-0.3, -0.25) is 0 Å². The minimum Gasteiger partial charge on any atom is -0.166 e. The van der Waals surface area contributed by atoms with Crippen LogP contribution in [-0.4, -0.2) is 0 Å². The second-order valence-electron chi connectivity index (χ2n) is 6.99. The van der Waals surface area contributed by atoms with Gasteiger partial charge in [-0.25, -0.2) is 0 Å². The van der Waals surface area contributed by atoms with Crippen molar-refractivity contribution in [2.24, 2.45) is 0 Å². The van der Waals surface area contributed by atoms with Gasteiger partial charge in [0, 0.05) is 0 Å². The van der Waals surface area contributed by atoms with Gasteiger partial charge in [0.25, 0.3) is 0 Å². The lowest BCUT2D eigenvalue weighted by Gasteiger charge is -2.14. The molecule has 134 valence electrons. The van der Waals surface area contributed by atoms with Crippen LogP contribution in [0.5, 0.6) is 0 Å². The maximum Gasteiger partial charge on any atom is 0.416 e. The highest BCUT2D eigenvalue weighted by Crippen LogP contribution is 2.35. The van der Waals surface area contributed by atoms with E-state index >= 15 is 0 Å². The standard InChI is InChI=1S/C23H21F3/c1-14-7-15(2)9-18(8-14)19-10-16(3)11-20(13-19)22-6-5-21(12-17(22)4)23(24,25)26/h5-13H,1-4H3. The van der Waals surface area contributed by atoms with E-state index in [-0.39, 0.29) is 0 Å². The van der Waals surface area contributed by atoms with Crippen LogP contribution in [0.25, 0.3) is 22.3 Å². The fourth-order valence-electron chi connectivity index (χ4n) is 3.41. The van der Waals surface area contributed by atoms with Crippen LogP contribution in [0, 0.1) is 27.7 Å². The Balaban J connectivity index is 2.11. The summed E-state index contributed by atoms with van der Waals surface area (Å²) in [5, 5.41) is 0. The zero-order valence-electron chi connectivity index (χ0n) is 15.3. The van der Waals surface area contributed by atoms with Gasteiger partial charge in [-0.05, 0) is 79.3 Å². The maximum atomic E-state index is 12.9. The molecular formula is C23H21F3. The Hall–Kier alpha value is -2.55. The zero-order chi connectivity index (χ0) is 19.1. The summed E-state index contributed by atoms with van der Waals surface area (Å²) in [4.78, 5) is 0. The van der Waals surface area contributed by atoms with E-state index in [0.29, 0.717) is 5.56 Å². The number of aryl methyl sites for hydroxylation is 4. The first-order chi connectivity index (χ1) is 12.1. The Morgan fingerprint density at radius 2 is 1.08 bits per heavy atom. The molecule has 0 spiro atoms. The smallest absolute Gasteiger partial charge is 0.166 e. The lowest BCUT2D eigenvalue weighted by molar-refractivity contribution is -0.137. The molecule has 0 aliphatic rings. The number of alkyl halides is 3. The van der Waals surface area contributed by atoms with E-state index in [1.165, 1.54) is 17.2 Å². The highest BCUT2D eigenvalue weighted by atomic mass is 19.4. The SMILES string of the molecule is Cc1cc(C)cc(-c2cc(C)cc(-c3ccc(C(F)(F)F)cc3C)c2)c1. The molecule has 0 saturated carbocycles. The van der Waals surface area contributed by atoms with Gasteiger partial charge in [-0.15, -0.1) is 0 Å². The highest BCUT2D eigenvalue weighted by molar-refractivity contribution is 5.76. The monoisotopic (exact) mass is 354 g/mol. The van der Waals surface area contributed by atoms with Crippen molar-refractivity contribution < 1.29 is 13.2 Å². The molecule has 0 bridgehead atoms. The predicted molar refractivity (Wildman–Crippen MR) is 101 cm³/mol. The summed E-state index contributed by atoms with van der Waals surface area (Å²) in [7, 11) is 0. The molecule has 0 unspecified atom stereocenters. The Kier molecular flexibility index (Phi) is 4.66. The van der Waals surface area contributed by atoms with Gasteiger partial charge in [0.2, 0.25) is 0 Å². The average Bonchev–Trinajstić information content (AvgIpc) is 2.52. The van der Waals surface area contributed by atoms with Crippen LogP contribution >= 0.6 is 0 Å². The Bertz CT molecular complexity index is 945. The topological polar surface area (TPSA) is 0 Å². The van der Waals surface area contributed by atoms with E-state index in [1.54, 1.807) is 13.0 Å². The molecule has 0 atom stereocenters. The van der Waals surface area contributed by atoms with Crippen molar-refractivity contribution in [1.29, 1.82) is 0 Å². The van der Waals surface area contributed by atoms with Crippen LogP contribution in [-0.2, 0) is 6.18 Å². The highest BCUT2D eigenvalue weighted by Gasteiger charge is 2.30. The zero-order valence-corrected chi connectivity index (χ0v) is 15.3. The molecule has 0 aliphatic carbocycles. The summed E-state index contributed by atoms with van der Waals surface area (Å²) in [6.45, 7) is 7.86. The molecule has 0 aromatic heterocycles. The van der Waals surface area contributed by atoms with E-state index in [9.17, 15) is 13.2 Å². The van der Waals surface area contributed by atoms with Crippen molar-refractivity contribution in [3.05, 3.63) is 82.4 Å². The molecule has 3 aromatic carbocycles. The molecular weight excluding hydrogens is 333 g/mol. The Morgan fingerprint density at radius 3 is 1.62 bits per heavy atom. The number of hydrogen-bond donors (Lipinski definition) is 0. The fourth-order valence-corrected chi connectivity index (χ4v) is 3.41. The van der Waals surface area contributed by atoms with Crippen LogP contribution in [0.4, 0.5) is 13.2 Å². The summed E-state index contributed by atoms with van der Waals surface area (Å²) in [5.41, 5.74) is 7.43. The molecule has 0 fully saturated rings. The molecule has 0 heterocycles. The first-order valence-electron chi connectivity index (χ1n) is 8.52. The molecule has 0 saturated heterocycles. The number of hydrogen-bond acceptors (Lipinski definition) is 0. The third-order valence-corrected chi connectivity index (χ3v) is 4.50. The number of benzene rings is 3. The maximum absolute atomic E-state index is 12.9. The van der Waals surface area contributed by atoms with E-state index in [0.717, 1.165) is 33.9 Å². The summed E-state index contributed by atoms with van der Waals surface area (Å²) in [5.74, 6) is 0. The lowest BCUT2D eigenvalue weighted by Crippen LogP contribution is -2.05. The third kappa shape index (κ3) is 3.82. The first-order valence-corrected chi connectivity index (χ1v) is 8.52. The molecule has 0 aliphatic heterocycles. The Morgan fingerprint density at radius 1 is 0.577 bits per heavy atom. The van der Waals surface area contributed by atoms with Crippen LogP contribution in [0.1, 0.15) is 27.8 Å². The minimum absolute atomic E-state index is 0.610. The van der Waals surface area contributed by atoms with E-state index < -0.39 is 11.7 Å². The van der Waals surface area contributed by atoms with Crippen LogP contribution in [0.3, 0.4) is 0 Å². The van der Waals surface area contributed by atoms with Crippen LogP contribution in [0.15, 0.2) is 54.6 Å². The van der Waals surface area contributed by atoms with Gasteiger partial charge >= 0.3 is 6.18 Å². The summed E-state index contributed by atoms with van der Waals surface area (Å²) in [6.07, 6.45) is -4.32. The van der Waals surface area contributed by atoms with Gasteiger partial charge in [-0.1, -0.05) is 47.5 Å². The van der Waals surface area contributed by atoms with E-state index in [1.807, 2.05) is 13.0 Å². The van der Waals surface area contributed by atoms with Gasteiger partial charge in [0.15, 0.2) is 0 Å². The minimum atomic E-state index is -4.32. The average molecular weight is 354 g/mol. The second-order valence-corrected chi connectivity index (χ2v) is 6.99. The third-order valence-electron chi connectivity index (χ3n) is 4.50. The van der Waals surface area contributed by atoms with Crippen molar-refractivity contribution in [2.75, 3.05) is 0 Å². The first kappa shape index (κ1) is 18.2. The molecule has 0 nitrogen and oxygen atoms in total. The van der Waals surface area contributed by atoms with Gasteiger partial charge in [0.05, 0.1) is 5.56 Å². The molecule has 3 aromatic rings. The van der Waals surface area contributed by atoms with Crippen molar-refractivity contribution >= 4 is 0 Å². The van der Waals surface area contributed by atoms with Crippen molar-refractivity contribution in [3.8, 4) is 22.3 Å². The predicted octanol–water partition coefficient (Wildman–Crippen LogP) is 7.27. The molecule has 0 amide bonds. The summed E-state index contributed by atoms with van der Waals surface area (Å²) in [6, 6.07) is 16.5. The van der Waals surface area contributed by atoms with Crippen LogP contribution in [0.2, 0.25) is 0 Å². The number of rotatable bonds is 2. The summed E-state index contributed by atoms with van der Waals surface area (Å²) < 4.78 is 38.8. The van der Waals surface area contributed by atoms with Gasteiger partial charge in [-0.2, -0.15) is 13.2 Å². The fraction of sp³-hybridized carbons (Fsp3) is 0.217. The van der Waals surface area contributed by atoms with Crippen LogP contribution < -0.4 is 0 Å². The molecule has 26 heavy (non-hydrogen) atoms. The molecule has 0 N–H and O–H groups in total. The second kappa shape index (κ2) is 6.64. The van der Waals surface area contributed by atoms with Crippen molar-refractivity contribution in [1.82, 2.24) is 0 Å². The summed E-state index contributed by atoms with van der Waals surface area (Å²) >= 11 is 0. The molecule has 3 heteroatoms. The van der Waals surface area contributed by atoms with Gasteiger partial charge in [0.1, 0.15) is 0 Å².